The quantitative estimate of drug-likeness (QED) is 0.400. The van der Waals surface area contributed by atoms with Crippen LogP contribution in [0.1, 0.15) is 13.8 Å². The zero-order chi connectivity index (χ0) is 12.0. The number of hydrogen-bond acceptors (Lipinski definition) is 5. The summed E-state index contributed by atoms with van der Waals surface area (Å²) in [6, 6.07) is 1.86. The Balaban J connectivity index is 2.61. The number of ether oxygens (including phenoxy) is 2. The largest absolute Gasteiger partial charge is 0.459 e. The normalized spacial score (nSPS) is 17.1. The SMILES string of the molecule is CC(C)OC(=O)/C(C#N)=C/N1CCOCC1. The summed E-state index contributed by atoms with van der Waals surface area (Å²) < 4.78 is 10.1. The van der Waals surface area contributed by atoms with Gasteiger partial charge in [0.05, 0.1) is 19.3 Å². The van der Waals surface area contributed by atoms with E-state index in [1.807, 2.05) is 11.0 Å². The highest BCUT2D eigenvalue weighted by Gasteiger charge is 2.15. The average molecular weight is 224 g/mol. The van der Waals surface area contributed by atoms with Gasteiger partial charge < -0.3 is 14.4 Å². The molecule has 0 N–H and O–H groups in total. The number of carbonyl (C=O) groups is 1. The molecule has 1 rings (SSSR count). The molecule has 0 spiro atoms. The number of hydrogen-bond donors (Lipinski definition) is 0. The van der Waals surface area contributed by atoms with Crippen LogP contribution >= 0.6 is 0 Å². The molecule has 1 aliphatic rings. The van der Waals surface area contributed by atoms with Crippen molar-refractivity contribution in [2.45, 2.75) is 20.0 Å². The molecule has 0 bridgehead atoms. The Hall–Kier alpha value is -1.54. The summed E-state index contributed by atoms with van der Waals surface area (Å²) in [7, 11) is 0. The predicted molar refractivity (Wildman–Crippen MR) is 57.3 cm³/mol. The van der Waals surface area contributed by atoms with Gasteiger partial charge in [-0.25, -0.2) is 4.79 Å². The molecule has 0 atom stereocenters. The number of nitriles is 1. The monoisotopic (exact) mass is 224 g/mol. The first-order valence-electron chi connectivity index (χ1n) is 5.28. The summed E-state index contributed by atoms with van der Waals surface area (Å²) in [5, 5.41) is 8.86. The minimum Gasteiger partial charge on any atom is -0.459 e. The van der Waals surface area contributed by atoms with Gasteiger partial charge in [0, 0.05) is 19.3 Å². The van der Waals surface area contributed by atoms with Crippen LogP contribution in [0.15, 0.2) is 11.8 Å². The minimum absolute atomic E-state index is 0.0376. The van der Waals surface area contributed by atoms with E-state index in [-0.39, 0.29) is 11.7 Å². The second kappa shape index (κ2) is 6.13. The van der Waals surface area contributed by atoms with Crippen LogP contribution in [-0.2, 0) is 14.3 Å². The van der Waals surface area contributed by atoms with Gasteiger partial charge >= 0.3 is 5.97 Å². The van der Waals surface area contributed by atoms with Crippen molar-refractivity contribution in [2.24, 2.45) is 0 Å². The maximum absolute atomic E-state index is 11.5. The summed E-state index contributed by atoms with van der Waals surface area (Å²) in [6.45, 7) is 6.13. The molecule has 0 amide bonds. The highest BCUT2D eigenvalue weighted by Crippen LogP contribution is 2.05. The van der Waals surface area contributed by atoms with Gasteiger partial charge in [0.25, 0.3) is 0 Å². The molecular formula is C11H16N2O3. The summed E-state index contributed by atoms with van der Waals surface area (Å²) in [6.07, 6.45) is 1.33. The Bertz CT molecular complexity index is 312. The van der Waals surface area contributed by atoms with Crippen molar-refractivity contribution in [3.05, 3.63) is 11.8 Å². The molecule has 1 fully saturated rings. The van der Waals surface area contributed by atoms with E-state index in [0.29, 0.717) is 26.3 Å². The zero-order valence-electron chi connectivity index (χ0n) is 9.60. The van der Waals surface area contributed by atoms with E-state index >= 15 is 0 Å². The lowest BCUT2D eigenvalue weighted by Crippen LogP contribution is -2.33. The lowest BCUT2D eigenvalue weighted by atomic mass is 10.3. The molecule has 0 aromatic carbocycles. The molecule has 1 aliphatic heterocycles. The molecular weight excluding hydrogens is 208 g/mol. The Kier molecular flexibility index (Phi) is 4.80. The van der Waals surface area contributed by atoms with Crippen molar-refractivity contribution in [1.29, 1.82) is 5.26 Å². The average Bonchev–Trinajstić information content (AvgIpc) is 2.26. The zero-order valence-corrected chi connectivity index (χ0v) is 9.60. The molecule has 88 valence electrons. The van der Waals surface area contributed by atoms with Crippen molar-refractivity contribution in [3.8, 4) is 6.07 Å². The van der Waals surface area contributed by atoms with E-state index < -0.39 is 5.97 Å². The molecule has 5 heteroatoms. The number of carbonyl (C=O) groups excluding carboxylic acids is 1. The van der Waals surface area contributed by atoms with E-state index in [1.165, 1.54) is 0 Å². The molecule has 1 heterocycles. The first-order valence-corrected chi connectivity index (χ1v) is 5.28. The molecule has 1 saturated heterocycles. The Morgan fingerprint density at radius 3 is 2.62 bits per heavy atom. The van der Waals surface area contributed by atoms with Crippen LogP contribution in [0.3, 0.4) is 0 Å². The van der Waals surface area contributed by atoms with Crippen LogP contribution in [0.25, 0.3) is 0 Å². The van der Waals surface area contributed by atoms with E-state index in [1.54, 1.807) is 20.0 Å². The van der Waals surface area contributed by atoms with Crippen LogP contribution in [0.4, 0.5) is 0 Å². The van der Waals surface area contributed by atoms with Crippen LogP contribution in [0.5, 0.6) is 0 Å². The third-order valence-electron chi connectivity index (χ3n) is 2.04. The lowest BCUT2D eigenvalue weighted by Gasteiger charge is -2.25. The predicted octanol–water partition coefficient (Wildman–Crippen LogP) is 0.678. The van der Waals surface area contributed by atoms with Crippen molar-refractivity contribution in [3.63, 3.8) is 0 Å². The van der Waals surface area contributed by atoms with Gasteiger partial charge in [-0.15, -0.1) is 0 Å². The molecule has 0 unspecified atom stereocenters. The van der Waals surface area contributed by atoms with Crippen molar-refractivity contribution < 1.29 is 14.3 Å². The maximum atomic E-state index is 11.5. The maximum Gasteiger partial charge on any atom is 0.350 e. The second-order valence-corrected chi connectivity index (χ2v) is 3.76. The summed E-state index contributed by atoms with van der Waals surface area (Å²) >= 11 is 0. The van der Waals surface area contributed by atoms with Gasteiger partial charge in [0.2, 0.25) is 0 Å². The van der Waals surface area contributed by atoms with Crippen LogP contribution in [0.2, 0.25) is 0 Å². The fourth-order valence-corrected chi connectivity index (χ4v) is 1.29. The van der Waals surface area contributed by atoms with E-state index in [9.17, 15) is 4.79 Å². The Labute approximate surface area is 95.2 Å². The van der Waals surface area contributed by atoms with E-state index in [2.05, 4.69) is 0 Å². The van der Waals surface area contributed by atoms with Crippen LogP contribution < -0.4 is 0 Å². The summed E-state index contributed by atoms with van der Waals surface area (Å²) in [5.41, 5.74) is 0.0376. The van der Waals surface area contributed by atoms with Crippen molar-refractivity contribution in [1.82, 2.24) is 4.90 Å². The Morgan fingerprint density at radius 2 is 2.12 bits per heavy atom. The number of nitrogens with zero attached hydrogens (tertiary/aromatic N) is 2. The first kappa shape index (κ1) is 12.5. The van der Waals surface area contributed by atoms with Gasteiger partial charge in [0.1, 0.15) is 6.07 Å². The van der Waals surface area contributed by atoms with Gasteiger partial charge in [-0.05, 0) is 13.8 Å². The van der Waals surface area contributed by atoms with Crippen LogP contribution in [0, 0.1) is 11.3 Å². The topological polar surface area (TPSA) is 62.6 Å². The molecule has 5 nitrogen and oxygen atoms in total. The highest BCUT2D eigenvalue weighted by molar-refractivity contribution is 5.92. The summed E-state index contributed by atoms with van der Waals surface area (Å²) in [5.74, 6) is -0.566. The first-order chi connectivity index (χ1) is 7.63. The fraction of sp³-hybridized carbons (Fsp3) is 0.636. The van der Waals surface area contributed by atoms with E-state index in [0.717, 1.165) is 0 Å². The Morgan fingerprint density at radius 1 is 1.50 bits per heavy atom. The smallest absolute Gasteiger partial charge is 0.350 e. The van der Waals surface area contributed by atoms with Crippen molar-refractivity contribution >= 4 is 5.97 Å². The fourth-order valence-electron chi connectivity index (χ4n) is 1.29. The standard InChI is InChI=1S/C11H16N2O3/c1-9(2)16-11(14)10(7-12)8-13-3-5-15-6-4-13/h8-9H,3-6H2,1-2H3/b10-8+. The van der Waals surface area contributed by atoms with Crippen molar-refractivity contribution in [2.75, 3.05) is 26.3 Å². The third-order valence-corrected chi connectivity index (χ3v) is 2.04. The third kappa shape index (κ3) is 3.91. The summed E-state index contributed by atoms with van der Waals surface area (Å²) in [4.78, 5) is 13.4. The van der Waals surface area contributed by atoms with Gasteiger partial charge in [-0.1, -0.05) is 0 Å². The molecule has 0 aliphatic carbocycles. The second-order valence-electron chi connectivity index (χ2n) is 3.76. The molecule has 0 aromatic heterocycles. The molecule has 0 aromatic rings. The highest BCUT2D eigenvalue weighted by atomic mass is 16.5. The number of morpholine rings is 1. The van der Waals surface area contributed by atoms with E-state index in [4.69, 9.17) is 14.7 Å². The van der Waals surface area contributed by atoms with Gasteiger partial charge in [-0.2, -0.15) is 5.26 Å². The van der Waals surface area contributed by atoms with Gasteiger partial charge in [0.15, 0.2) is 5.57 Å². The molecule has 16 heavy (non-hydrogen) atoms. The minimum atomic E-state index is -0.566. The van der Waals surface area contributed by atoms with Crippen LogP contribution in [-0.4, -0.2) is 43.3 Å². The molecule has 0 saturated carbocycles. The molecule has 0 radical (unpaired) electrons. The lowest BCUT2D eigenvalue weighted by molar-refractivity contribution is -0.142. The number of esters is 1. The number of rotatable bonds is 3. The van der Waals surface area contributed by atoms with Gasteiger partial charge in [-0.3, -0.25) is 0 Å².